The fourth-order valence-electron chi connectivity index (χ4n) is 1.70. The molecule has 1 heterocycles. The number of rotatable bonds is 7. The number of aromatic amines is 1. The average molecular weight is 259 g/mol. The molecule has 0 saturated heterocycles. The molecule has 1 unspecified atom stereocenters. The fraction of sp³-hybridized carbons (Fsp3) is 0.308. The molecule has 1 amide bonds. The summed E-state index contributed by atoms with van der Waals surface area (Å²) in [5.74, 6) is 0.0818. The Hall–Kier alpha value is -2.21. The number of carbonyl (C=O) groups excluding carboxylic acids is 1. The molecular weight excluding hydrogens is 244 g/mol. The van der Waals surface area contributed by atoms with E-state index in [1.165, 1.54) is 0 Å². The number of para-hydroxylation sites is 1. The molecule has 19 heavy (non-hydrogen) atoms. The smallest absolute Gasteiger partial charge is 0.265 e. The Balaban J connectivity index is 1.98. The molecule has 2 rings (SSSR count). The molecule has 0 spiro atoms. The topological polar surface area (TPSA) is 71.1 Å². The summed E-state index contributed by atoms with van der Waals surface area (Å²) in [5, 5.41) is 11.4. The second kappa shape index (κ2) is 6.65. The Bertz CT molecular complexity index is 487. The summed E-state index contributed by atoms with van der Waals surface area (Å²) in [4.78, 5) is 16.4. The zero-order chi connectivity index (χ0) is 13.5. The summed E-state index contributed by atoms with van der Waals surface area (Å²) in [5.41, 5.74) is 1.47. The number of benzene rings is 1. The van der Waals surface area contributed by atoms with Crippen molar-refractivity contribution in [3.8, 4) is 0 Å². The fourth-order valence-corrected chi connectivity index (χ4v) is 1.70. The number of nitrogens with one attached hydrogen (secondary N) is 1. The van der Waals surface area contributed by atoms with Crippen LogP contribution in [0.3, 0.4) is 0 Å². The third-order valence-corrected chi connectivity index (χ3v) is 2.83. The van der Waals surface area contributed by atoms with Gasteiger partial charge in [0.1, 0.15) is 0 Å². The second-order valence-corrected chi connectivity index (χ2v) is 4.02. The molecule has 0 aliphatic rings. The zero-order valence-electron chi connectivity index (χ0n) is 10.6. The van der Waals surface area contributed by atoms with Crippen molar-refractivity contribution < 1.29 is 9.63 Å². The molecule has 6 nitrogen and oxygen atoms in total. The van der Waals surface area contributed by atoms with Crippen LogP contribution >= 0.6 is 0 Å². The van der Waals surface area contributed by atoms with Crippen LogP contribution < -0.4 is 5.06 Å². The molecule has 1 aromatic carbocycles. The van der Waals surface area contributed by atoms with Gasteiger partial charge in [-0.2, -0.15) is 5.06 Å². The van der Waals surface area contributed by atoms with Gasteiger partial charge in [0.2, 0.25) is 0 Å². The van der Waals surface area contributed by atoms with E-state index in [9.17, 15) is 4.79 Å². The van der Waals surface area contributed by atoms with Gasteiger partial charge >= 0.3 is 6.41 Å². The van der Waals surface area contributed by atoms with Crippen LogP contribution in [0, 0.1) is 0 Å². The molecule has 1 N–H and O–H groups in total. The van der Waals surface area contributed by atoms with E-state index in [0.717, 1.165) is 17.2 Å². The Morgan fingerprint density at radius 1 is 1.42 bits per heavy atom. The van der Waals surface area contributed by atoms with Crippen molar-refractivity contribution >= 4 is 12.1 Å². The van der Waals surface area contributed by atoms with Crippen molar-refractivity contribution in [3.05, 3.63) is 42.2 Å². The summed E-state index contributed by atoms with van der Waals surface area (Å²) in [6.07, 6.45) is 4.33. The minimum absolute atomic E-state index is 0.0818. The third-order valence-electron chi connectivity index (χ3n) is 2.83. The number of anilines is 1. The van der Waals surface area contributed by atoms with Gasteiger partial charge in [0.15, 0.2) is 0 Å². The predicted molar refractivity (Wildman–Crippen MR) is 70.0 cm³/mol. The molecule has 1 radical (unpaired) electrons. The minimum Gasteiger partial charge on any atom is -0.265 e. The van der Waals surface area contributed by atoms with Crippen LogP contribution in [-0.2, 0) is 9.63 Å². The maximum atomic E-state index is 10.9. The van der Waals surface area contributed by atoms with Crippen LogP contribution in [0.15, 0.2) is 36.5 Å². The van der Waals surface area contributed by atoms with E-state index >= 15 is 0 Å². The van der Waals surface area contributed by atoms with Crippen molar-refractivity contribution in [2.75, 3.05) is 11.7 Å². The predicted octanol–water partition coefficient (Wildman–Crippen LogP) is 1.80. The molecule has 1 atom stereocenters. The van der Waals surface area contributed by atoms with Gasteiger partial charge in [-0.3, -0.25) is 14.7 Å². The standard InChI is InChI=1S/C13H15N4O2/c1-2-11(13-8-14-16-15-13)9-19-17(10-18)12-6-4-3-5-7-12/h3-8,11H,2,9H2,1H3,(H,14,15,16). The maximum absolute atomic E-state index is 10.9. The molecule has 2 aromatic rings. The number of hydroxylamine groups is 1. The highest BCUT2D eigenvalue weighted by Gasteiger charge is 2.15. The summed E-state index contributed by atoms with van der Waals surface area (Å²) < 4.78 is 0. The van der Waals surface area contributed by atoms with E-state index in [2.05, 4.69) is 15.4 Å². The first kappa shape index (κ1) is 13.2. The van der Waals surface area contributed by atoms with Crippen LogP contribution in [0.25, 0.3) is 0 Å². The van der Waals surface area contributed by atoms with Crippen LogP contribution in [0.2, 0.25) is 0 Å². The first-order valence-corrected chi connectivity index (χ1v) is 6.07. The van der Waals surface area contributed by atoms with Crippen LogP contribution in [0.4, 0.5) is 5.69 Å². The van der Waals surface area contributed by atoms with Crippen LogP contribution in [0.1, 0.15) is 25.0 Å². The summed E-state index contributed by atoms with van der Waals surface area (Å²) >= 11 is 0. The van der Waals surface area contributed by atoms with Crippen molar-refractivity contribution in [3.63, 3.8) is 0 Å². The second-order valence-electron chi connectivity index (χ2n) is 4.02. The van der Waals surface area contributed by atoms with Crippen LogP contribution in [-0.4, -0.2) is 28.4 Å². The Labute approximate surface area is 111 Å². The van der Waals surface area contributed by atoms with Crippen molar-refractivity contribution in [1.29, 1.82) is 0 Å². The van der Waals surface area contributed by atoms with Gasteiger partial charge in [-0.05, 0) is 18.6 Å². The highest BCUT2D eigenvalue weighted by molar-refractivity contribution is 5.72. The molecule has 0 bridgehead atoms. The van der Waals surface area contributed by atoms with E-state index in [-0.39, 0.29) is 5.92 Å². The van der Waals surface area contributed by atoms with Gasteiger partial charge in [-0.25, -0.2) is 0 Å². The van der Waals surface area contributed by atoms with E-state index in [1.807, 2.05) is 25.1 Å². The maximum Gasteiger partial charge on any atom is 0.342 e. The zero-order valence-corrected chi connectivity index (χ0v) is 10.6. The highest BCUT2D eigenvalue weighted by Crippen LogP contribution is 2.19. The molecule has 0 saturated carbocycles. The molecule has 6 heteroatoms. The van der Waals surface area contributed by atoms with E-state index in [4.69, 9.17) is 4.84 Å². The first-order chi connectivity index (χ1) is 9.35. The van der Waals surface area contributed by atoms with Gasteiger partial charge < -0.3 is 0 Å². The largest absolute Gasteiger partial charge is 0.342 e. The third kappa shape index (κ3) is 3.38. The Morgan fingerprint density at radius 3 is 2.79 bits per heavy atom. The molecule has 0 aliphatic heterocycles. The van der Waals surface area contributed by atoms with E-state index < -0.39 is 0 Å². The average Bonchev–Trinajstić information content (AvgIpc) is 2.99. The lowest BCUT2D eigenvalue weighted by atomic mass is 10.1. The van der Waals surface area contributed by atoms with Gasteiger partial charge in [-0.1, -0.05) is 30.3 Å². The normalized spacial score (nSPS) is 12.1. The molecule has 0 aliphatic carbocycles. The minimum atomic E-state index is 0.0818. The summed E-state index contributed by atoms with van der Waals surface area (Å²) in [7, 11) is 0. The lowest BCUT2D eigenvalue weighted by Crippen LogP contribution is -2.24. The number of amides is 1. The van der Waals surface area contributed by atoms with Crippen molar-refractivity contribution in [2.45, 2.75) is 19.3 Å². The van der Waals surface area contributed by atoms with Gasteiger partial charge in [-0.15, -0.1) is 5.10 Å². The van der Waals surface area contributed by atoms with E-state index in [1.54, 1.807) is 24.7 Å². The first-order valence-electron chi connectivity index (χ1n) is 6.07. The Kier molecular flexibility index (Phi) is 4.63. The van der Waals surface area contributed by atoms with E-state index in [0.29, 0.717) is 12.3 Å². The number of hydrogen-bond acceptors (Lipinski definition) is 4. The van der Waals surface area contributed by atoms with Crippen molar-refractivity contribution in [2.24, 2.45) is 0 Å². The number of aromatic nitrogens is 3. The monoisotopic (exact) mass is 259 g/mol. The van der Waals surface area contributed by atoms with Gasteiger partial charge in [0, 0.05) is 12.1 Å². The molecule has 99 valence electrons. The molecule has 0 fully saturated rings. The van der Waals surface area contributed by atoms with Crippen molar-refractivity contribution in [1.82, 2.24) is 15.4 Å². The number of nitrogens with zero attached hydrogens (tertiary/aromatic N) is 3. The number of hydrogen-bond donors (Lipinski definition) is 1. The van der Waals surface area contributed by atoms with Gasteiger partial charge in [0.25, 0.3) is 0 Å². The SMILES string of the molecule is CCC(CON([C]=O)c1ccccc1)c1c[nH]nn1. The number of H-pyrrole nitrogens is 1. The lowest BCUT2D eigenvalue weighted by Gasteiger charge is -2.19. The summed E-state index contributed by atoms with van der Waals surface area (Å²) in [6, 6.07) is 9.09. The Morgan fingerprint density at radius 2 is 2.21 bits per heavy atom. The quantitative estimate of drug-likeness (QED) is 0.608. The van der Waals surface area contributed by atoms with Gasteiger partial charge in [0.05, 0.1) is 18.0 Å². The highest BCUT2D eigenvalue weighted by atomic mass is 16.7. The lowest BCUT2D eigenvalue weighted by molar-refractivity contribution is 0.123. The van der Waals surface area contributed by atoms with Crippen LogP contribution in [0.5, 0.6) is 0 Å². The molecule has 1 aromatic heterocycles. The summed E-state index contributed by atoms with van der Waals surface area (Å²) in [6.45, 7) is 2.37. The molecular formula is C13H15N4O2.